The zero-order valence-corrected chi connectivity index (χ0v) is 21.2. The first-order valence-corrected chi connectivity index (χ1v) is 13.0. The van der Waals surface area contributed by atoms with Crippen molar-refractivity contribution in [3.63, 3.8) is 0 Å². The van der Waals surface area contributed by atoms with E-state index in [1.165, 1.54) is 0 Å². The van der Waals surface area contributed by atoms with E-state index in [-0.39, 0.29) is 18.0 Å². The Morgan fingerprint density at radius 2 is 1.51 bits per heavy atom. The highest BCUT2D eigenvalue weighted by Gasteiger charge is 2.40. The first kappa shape index (κ1) is 26.5. The first-order chi connectivity index (χ1) is 18.7. The highest BCUT2D eigenvalue weighted by atomic mass is 19.4. The van der Waals surface area contributed by atoms with E-state index in [0.29, 0.717) is 11.6 Å². The van der Waals surface area contributed by atoms with Gasteiger partial charge in [-0.15, -0.1) is 0 Å². The molecule has 2 amide bonds. The van der Waals surface area contributed by atoms with E-state index < -0.39 is 29.1 Å². The van der Waals surface area contributed by atoms with E-state index in [9.17, 15) is 22.4 Å². The Bertz CT molecular complexity index is 1410. The molecule has 1 saturated carbocycles. The Kier molecular flexibility index (Phi) is 7.46. The Balaban J connectivity index is 1.71. The monoisotopic (exact) mass is 535 g/mol. The molecule has 5 rings (SSSR count). The van der Waals surface area contributed by atoms with Gasteiger partial charge in [0.05, 0.1) is 11.1 Å². The third-order valence-corrected chi connectivity index (χ3v) is 7.29. The maximum absolute atomic E-state index is 14.9. The third-order valence-electron chi connectivity index (χ3n) is 7.29. The van der Waals surface area contributed by atoms with Gasteiger partial charge < -0.3 is 15.2 Å². The average Bonchev–Trinajstić information content (AvgIpc) is 3.63. The van der Waals surface area contributed by atoms with Gasteiger partial charge >= 0.3 is 12.2 Å². The highest BCUT2D eigenvalue weighted by molar-refractivity contribution is 5.76. The Labute approximate surface area is 224 Å². The summed E-state index contributed by atoms with van der Waals surface area (Å²) < 4.78 is 58.4. The number of hydrogen-bond acceptors (Lipinski definition) is 1. The van der Waals surface area contributed by atoms with Crippen LogP contribution >= 0.6 is 0 Å². The quantitative estimate of drug-likeness (QED) is 0.239. The number of carbonyl (C=O) groups excluding carboxylic acids is 1. The summed E-state index contributed by atoms with van der Waals surface area (Å²) in [5, 5.41) is 6.01. The van der Waals surface area contributed by atoms with Crippen molar-refractivity contribution in [3.05, 3.63) is 125 Å². The van der Waals surface area contributed by atoms with Gasteiger partial charge in [-0.3, -0.25) is 0 Å². The van der Waals surface area contributed by atoms with Crippen LogP contribution in [0.2, 0.25) is 0 Å². The molecule has 1 atom stereocenters. The van der Waals surface area contributed by atoms with E-state index in [1.807, 2.05) is 71.6 Å². The van der Waals surface area contributed by atoms with E-state index in [2.05, 4.69) is 10.6 Å². The zero-order valence-electron chi connectivity index (χ0n) is 21.2. The first-order valence-electron chi connectivity index (χ1n) is 13.0. The van der Waals surface area contributed by atoms with Gasteiger partial charge in [-0.1, -0.05) is 55.3 Å². The summed E-state index contributed by atoms with van der Waals surface area (Å²) in [6.07, 6.45) is 2.69. The van der Waals surface area contributed by atoms with Crippen LogP contribution in [0.4, 0.5) is 22.4 Å². The summed E-state index contributed by atoms with van der Waals surface area (Å²) in [6, 6.07) is 22.0. The van der Waals surface area contributed by atoms with E-state index in [1.54, 1.807) is 12.1 Å². The number of alkyl halides is 3. The fourth-order valence-corrected chi connectivity index (χ4v) is 5.39. The predicted octanol–water partition coefficient (Wildman–Crippen LogP) is 7.36. The van der Waals surface area contributed by atoms with Gasteiger partial charge in [0, 0.05) is 30.5 Å². The van der Waals surface area contributed by atoms with Crippen LogP contribution < -0.4 is 10.6 Å². The minimum Gasteiger partial charge on any atom is -0.335 e. The number of benzene rings is 3. The number of hydrogen-bond donors (Lipinski definition) is 2. The van der Waals surface area contributed by atoms with Crippen molar-refractivity contribution in [2.75, 3.05) is 0 Å². The number of rotatable bonds is 7. The van der Waals surface area contributed by atoms with Crippen LogP contribution in [-0.4, -0.2) is 16.6 Å². The van der Waals surface area contributed by atoms with Crippen molar-refractivity contribution in [2.24, 2.45) is 0 Å². The molecule has 2 N–H and O–H groups in total. The Morgan fingerprint density at radius 1 is 0.821 bits per heavy atom. The molecule has 39 heavy (non-hydrogen) atoms. The van der Waals surface area contributed by atoms with Crippen LogP contribution in [0.3, 0.4) is 0 Å². The lowest BCUT2D eigenvalue weighted by Gasteiger charge is -2.37. The number of urea groups is 1. The van der Waals surface area contributed by atoms with Crippen molar-refractivity contribution in [1.82, 2.24) is 15.2 Å². The van der Waals surface area contributed by atoms with Crippen molar-refractivity contribution < 1.29 is 22.4 Å². The molecule has 0 spiro atoms. The molecule has 0 bridgehead atoms. The smallest absolute Gasteiger partial charge is 0.335 e. The van der Waals surface area contributed by atoms with Crippen LogP contribution in [-0.2, 0) is 18.1 Å². The number of nitrogens with one attached hydrogen (secondary N) is 2. The zero-order chi connectivity index (χ0) is 27.5. The summed E-state index contributed by atoms with van der Waals surface area (Å²) in [5.41, 5.74) is -0.588. The lowest BCUT2D eigenvalue weighted by atomic mass is 9.77. The summed E-state index contributed by atoms with van der Waals surface area (Å²) in [5.74, 6) is -1.03. The summed E-state index contributed by atoms with van der Waals surface area (Å²) in [4.78, 5) is 13.5. The number of carbonyl (C=O) groups is 1. The molecule has 3 aromatic carbocycles. The lowest BCUT2D eigenvalue weighted by Crippen LogP contribution is -2.53. The van der Waals surface area contributed by atoms with Crippen molar-refractivity contribution >= 4 is 6.03 Å². The number of aromatic nitrogens is 1. The van der Waals surface area contributed by atoms with Gasteiger partial charge in [0.25, 0.3) is 0 Å². The van der Waals surface area contributed by atoms with Crippen LogP contribution in [0.25, 0.3) is 5.69 Å². The van der Waals surface area contributed by atoms with Gasteiger partial charge in [0.2, 0.25) is 0 Å². The van der Waals surface area contributed by atoms with Gasteiger partial charge in [-0.05, 0) is 72.0 Å². The molecule has 0 saturated heterocycles. The largest absolute Gasteiger partial charge is 0.416 e. The topological polar surface area (TPSA) is 46.1 Å². The number of halogens is 4. The molecule has 1 fully saturated rings. The number of nitrogens with zero attached hydrogens (tertiary/aromatic N) is 1. The normalized spacial score (nSPS) is 15.6. The molecule has 0 radical (unpaired) electrons. The lowest BCUT2D eigenvalue weighted by molar-refractivity contribution is -0.137. The molecule has 1 aromatic heterocycles. The molecule has 0 aliphatic heterocycles. The Morgan fingerprint density at radius 3 is 2.21 bits per heavy atom. The molecule has 1 unspecified atom stereocenters. The molecule has 4 aromatic rings. The summed E-state index contributed by atoms with van der Waals surface area (Å²) in [6.45, 7) is 0. The van der Waals surface area contributed by atoms with E-state index >= 15 is 0 Å². The maximum Gasteiger partial charge on any atom is 0.416 e. The average molecular weight is 536 g/mol. The van der Waals surface area contributed by atoms with Gasteiger partial charge in [-0.2, -0.15) is 13.2 Å². The van der Waals surface area contributed by atoms with Crippen molar-refractivity contribution in [3.8, 4) is 5.69 Å². The third kappa shape index (κ3) is 6.00. The standard InChI is InChI=1S/C31H29F4N3O/c32-26-18-24(17-25(19-26)31(33,34)35)30(21-22-9-2-1-3-10-22,37-29(39)36-27-12-4-5-13-27)23-11-8-14-28(20-23)38-15-6-7-16-38/h1-3,6-11,14-20,27H,4-5,12-13,21H2,(H2,36,37,39). The summed E-state index contributed by atoms with van der Waals surface area (Å²) in [7, 11) is 0. The van der Waals surface area contributed by atoms with Crippen LogP contribution in [0.5, 0.6) is 0 Å². The van der Waals surface area contributed by atoms with Crippen molar-refractivity contribution in [1.29, 1.82) is 0 Å². The molecular weight excluding hydrogens is 506 g/mol. The predicted molar refractivity (Wildman–Crippen MR) is 142 cm³/mol. The van der Waals surface area contributed by atoms with Crippen LogP contribution in [0.15, 0.2) is 97.3 Å². The van der Waals surface area contributed by atoms with E-state index in [4.69, 9.17) is 0 Å². The molecule has 1 aliphatic carbocycles. The Hall–Kier alpha value is -4.07. The fraction of sp³-hybridized carbons (Fsp3) is 0.258. The minimum atomic E-state index is -4.77. The second kappa shape index (κ2) is 11.0. The molecule has 1 aliphatic rings. The van der Waals surface area contributed by atoms with Crippen LogP contribution in [0, 0.1) is 5.82 Å². The maximum atomic E-state index is 14.9. The van der Waals surface area contributed by atoms with Crippen LogP contribution in [0.1, 0.15) is 47.9 Å². The second-order valence-electron chi connectivity index (χ2n) is 10.0. The highest BCUT2D eigenvalue weighted by Crippen LogP contribution is 2.39. The molecule has 8 heteroatoms. The second-order valence-corrected chi connectivity index (χ2v) is 10.0. The molecule has 1 heterocycles. The van der Waals surface area contributed by atoms with Gasteiger partial charge in [-0.25, -0.2) is 9.18 Å². The van der Waals surface area contributed by atoms with E-state index in [0.717, 1.165) is 49.1 Å². The summed E-state index contributed by atoms with van der Waals surface area (Å²) >= 11 is 0. The number of amides is 2. The molecule has 202 valence electrons. The fourth-order valence-electron chi connectivity index (χ4n) is 5.39. The minimum absolute atomic E-state index is 0.00454. The van der Waals surface area contributed by atoms with Gasteiger partial charge in [0.15, 0.2) is 0 Å². The van der Waals surface area contributed by atoms with Gasteiger partial charge in [0.1, 0.15) is 5.82 Å². The SMILES string of the molecule is O=C(NC1CCCC1)NC(Cc1ccccc1)(c1cccc(-n2cccc2)c1)c1cc(F)cc(C(F)(F)F)c1. The van der Waals surface area contributed by atoms with Crippen molar-refractivity contribution in [2.45, 2.75) is 49.9 Å². The molecular formula is C31H29F4N3O. The molecule has 4 nitrogen and oxygen atoms in total.